The molecule has 1 amide bonds. The highest BCUT2D eigenvalue weighted by atomic mass is 19.2. The number of nitrogens with one attached hydrogen (secondary N) is 1. The van der Waals surface area contributed by atoms with Gasteiger partial charge >= 0.3 is 5.97 Å². The number of aliphatic hydroxyl groups excluding tert-OH is 2. The summed E-state index contributed by atoms with van der Waals surface area (Å²) in [6, 6.07) is 0.838. The minimum Gasteiger partial charge on any atom is -0.478 e. The van der Waals surface area contributed by atoms with Gasteiger partial charge in [-0.15, -0.1) is 0 Å². The summed E-state index contributed by atoms with van der Waals surface area (Å²) in [6.45, 7) is 0.0495. The number of benzene rings is 1. The minimum absolute atomic E-state index is 0.391. The highest BCUT2D eigenvalue weighted by Gasteiger charge is 2.28. The SMILES string of the molecule is CC(CO)(CO)NC(=O)c1cc(F)c(F)cc1C(=O)O. The van der Waals surface area contributed by atoms with Crippen LogP contribution in [-0.2, 0) is 0 Å². The molecular weight excluding hydrogens is 276 g/mol. The van der Waals surface area contributed by atoms with E-state index in [-0.39, 0.29) is 0 Å². The molecule has 0 bridgehead atoms. The van der Waals surface area contributed by atoms with Crippen molar-refractivity contribution in [3.05, 3.63) is 34.9 Å². The number of halogens is 2. The Morgan fingerprint density at radius 3 is 2.00 bits per heavy atom. The first-order chi connectivity index (χ1) is 9.24. The van der Waals surface area contributed by atoms with Gasteiger partial charge in [0.25, 0.3) is 5.91 Å². The molecule has 4 N–H and O–H groups in total. The molecule has 0 fully saturated rings. The highest BCUT2D eigenvalue weighted by molar-refractivity contribution is 6.05. The van der Waals surface area contributed by atoms with Crippen molar-refractivity contribution in [1.82, 2.24) is 5.32 Å². The average molecular weight is 289 g/mol. The number of carbonyl (C=O) groups excluding carboxylic acids is 1. The lowest BCUT2D eigenvalue weighted by molar-refractivity contribution is 0.0672. The van der Waals surface area contributed by atoms with E-state index >= 15 is 0 Å². The summed E-state index contributed by atoms with van der Waals surface area (Å²) in [6.07, 6.45) is 0. The van der Waals surface area contributed by atoms with Gasteiger partial charge in [-0.3, -0.25) is 4.79 Å². The molecule has 0 aliphatic rings. The molecule has 110 valence electrons. The Bertz CT molecular complexity index is 543. The zero-order valence-corrected chi connectivity index (χ0v) is 10.5. The number of hydrogen-bond acceptors (Lipinski definition) is 4. The van der Waals surface area contributed by atoms with Crippen molar-refractivity contribution in [3.8, 4) is 0 Å². The van der Waals surface area contributed by atoms with E-state index in [2.05, 4.69) is 5.32 Å². The third-order valence-corrected chi connectivity index (χ3v) is 2.65. The predicted octanol–water partition coefficient (Wildman–Crippen LogP) is 0.136. The van der Waals surface area contributed by atoms with Gasteiger partial charge in [0.15, 0.2) is 11.6 Å². The zero-order valence-electron chi connectivity index (χ0n) is 10.5. The van der Waals surface area contributed by atoms with E-state index in [0.29, 0.717) is 12.1 Å². The van der Waals surface area contributed by atoms with E-state index in [9.17, 15) is 18.4 Å². The number of rotatable bonds is 5. The number of aromatic carboxylic acids is 1. The van der Waals surface area contributed by atoms with Gasteiger partial charge in [-0.05, 0) is 19.1 Å². The second-order valence-corrected chi connectivity index (χ2v) is 4.45. The maximum absolute atomic E-state index is 13.1. The monoisotopic (exact) mass is 289 g/mol. The van der Waals surface area contributed by atoms with E-state index in [0.717, 1.165) is 0 Å². The summed E-state index contributed by atoms with van der Waals surface area (Å²) in [4.78, 5) is 22.8. The fraction of sp³-hybridized carbons (Fsp3) is 0.333. The third kappa shape index (κ3) is 3.28. The summed E-state index contributed by atoms with van der Waals surface area (Å²) >= 11 is 0. The van der Waals surface area contributed by atoms with Gasteiger partial charge in [0.2, 0.25) is 0 Å². The molecule has 20 heavy (non-hydrogen) atoms. The molecule has 0 heterocycles. The molecule has 1 aromatic rings. The first kappa shape index (κ1) is 16.0. The van der Waals surface area contributed by atoms with Crippen LogP contribution in [0.5, 0.6) is 0 Å². The lowest BCUT2D eigenvalue weighted by Crippen LogP contribution is -2.52. The van der Waals surface area contributed by atoms with Crippen LogP contribution in [0.4, 0.5) is 8.78 Å². The molecule has 0 spiro atoms. The van der Waals surface area contributed by atoms with Crippen LogP contribution in [-0.4, -0.2) is 45.9 Å². The maximum Gasteiger partial charge on any atom is 0.336 e. The van der Waals surface area contributed by atoms with Crippen molar-refractivity contribution in [1.29, 1.82) is 0 Å². The third-order valence-electron chi connectivity index (χ3n) is 2.65. The highest BCUT2D eigenvalue weighted by Crippen LogP contribution is 2.16. The Kier molecular flexibility index (Phi) is 4.74. The molecule has 1 rings (SSSR count). The summed E-state index contributed by atoms with van der Waals surface area (Å²) in [7, 11) is 0. The van der Waals surface area contributed by atoms with Crippen molar-refractivity contribution < 1.29 is 33.7 Å². The molecule has 0 aromatic heterocycles. The number of carboxylic acids is 1. The minimum atomic E-state index is -1.61. The predicted molar refractivity (Wildman–Crippen MR) is 63.4 cm³/mol. The molecule has 0 saturated heterocycles. The lowest BCUT2D eigenvalue weighted by Gasteiger charge is -2.26. The topological polar surface area (TPSA) is 107 Å². The Hall–Kier alpha value is -2.06. The van der Waals surface area contributed by atoms with Crippen LogP contribution in [0.3, 0.4) is 0 Å². The standard InChI is InChI=1S/C12H13F2NO5/c1-12(4-16,5-17)15-10(18)6-2-8(13)9(14)3-7(6)11(19)20/h2-3,16-17H,4-5H2,1H3,(H,15,18)(H,19,20). The van der Waals surface area contributed by atoms with Gasteiger partial charge < -0.3 is 20.6 Å². The number of carbonyl (C=O) groups is 2. The van der Waals surface area contributed by atoms with Gasteiger partial charge in [-0.1, -0.05) is 0 Å². The second-order valence-electron chi connectivity index (χ2n) is 4.45. The van der Waals surface area contributed by atoms with E-state index in [1.165, 1.54) is 6.92 Å². The van der Waals surface area contributed by atoms with Crippen molar-refractivity contribution in [2.24, 2.45) is 0 Å². The van der Waals surface area contributed by atoms with Crippen LogP contribution >= 0.6 is 0 Å². The van der Waals surface area contributed by atoms with Crippen LogP contribution in [0.15, 0.2) is 12.1 Å². The Morgan fingerprint density at radius 2 is 1.60 bits per heavy atom. The molecule has 6 nitrogen and oxygen atoms in total. The van der Waals surface area contributed by atoms with Crippen LogP contribution < -0.4 is 5.32 Å². The largest absolute Gasteiger partial charge is 0.478 e. The Labute approximate surface area is 112 Å². The van der Waals surface area contributed by atoms with Gasteiger partial charge in [-0.2, -0.15) is 0 Å². The van der Waals surface area contributed by atoms with E-state index < -0.39 is 53.4 Å². The molecule has 0 unspecified atom stereocenters. The van der Waals surface area contributed by atoms with Crippen LogP contribution in [0.1, 0.15) is 27.6 Å². The van der Waals surface area contributed by atoms with E-state index in [4.69, 9.17) is 15.3 Å². The smallest absolute Gasteiger partial charge is 0.336 e. The quantitative estimate of drug-likeness (QED) is 0.616. The summed E-state index contributed by atoms with van der Waals surface area (Å²) in [5, 5.41) is 29.1. The normalized spacial score (nSPS) is 11.2. The van der Waals surface area contributed by atoms with Crippen molar-refractivity contribution >= 4 is 11.9 Å². The molecule has 1 aromatic carbocycles. The fourth-order valence-electron chi connectivity index (χ4n) is 1.38. The molecule has 0 radical (unpaired) electrons. The first-order valence-corrected chi connectivity index (χ1v) is 5.50. The number of aliphatic hydroxyl groups is 2. The Morgan fingerprint density at radius 1 is 1.15 bits per heavy atom. The van der Waals surface area contributed by atoms with Gasteiger partial charge in [0.05, 0.1) is 29.9 Å². The average Bonchev–Trinajstić information content (AvgIpc) is 2.40. The van der Waals surface area contributed by atoms with Gasteiger partial charge in [-0.25, -0.2) is 13.6 Å². The summed E-state index contributed by atoms with van der Waals surface area (Å²) in [5.41, 5.74) is -2.75. The van der Waals surface area contributed by atoms with E-state index in [1.807, 2.05) is 0 Å². The summed E-state index contributed by atoms with van der Waals surface area (Å²) < 4.78 is 26.1. The number of carboxylic acid groups (broad SMARTS) is 1. The molecule has 8 heteroatoms. The lowest BCUT2D eigenvalue weighted by atomic mass is 10.0. The molecule has 0 aliphatic heterocycles. The molecule has 0 saturated carbocycles. The van der Waals surface area contributed by atoms with Gasteiger partial charge in [0.1, 0.15) is 0 Å². The van der Waals surface area contributed by atoms with Crippen LogP contribution in [0.25, 0.3) is 0 Å². The molecular formula is C12H13F2NO5. The molecule has 0 atom stereocenters. The maximum atomic E-state index is 13.1. The summed E-state index contributed by atoms with van der Waals surface area (Å²) in [5.74, 6) is -5.43. The molecule has 0 aliphatic carbocycles. The van der Waals surface area contributed by atoms with Crippen molar-refractivity contribution in [2.45, 2.75) is 12.5 Å². The first-order valence-electron chi connectivity index (χ1n) is 5.50. The van der Waals surface area contributed by atoms with E-state index in [1.54, 1.807) is 0 Å². The fourth-order valence-corrected chi connectivity index (χ4v) is 1.38. The van der Waals surface area contributed by atoms with Gasteiger partial charge in [0, 0.05) is 0 Å². The van der Waals surface area contributed by atoms with Crippen LogP contribution in [0.2, 0.25) is 0 Å². The Balaban J connectivity index is 3.22. The van der Waals surface area contributed by atoms with Crippen molar-refractivity contribution in [3.63, 3.8) is 0 Å². The zero-order chi connectivity index (χ0) is 15.5. The van der Waals surface area contributed by atoms with Crippen molar-refractivity contribution in [2.75, 3.05) is 13.2 Å². The second kappa shape index (κ2) is 5.93. The van der Waals surface area contributed by atoms with Crippen LogP contribution in [0, 0.1) is 11.6 Å². The number of hydrogen-bond donors (Lipinski definition) is 4. The number of amides is 1.